The molecular formula is C13H21NO4. The van der Waals surface area contributed by atoms with E-state index in [1.807, 2.05) is 12.1 Å². The molecule has 0 aliphatic heterocycles. The van der Waals surface area contributed by atoms with Gasteiger partial charge in [0.15, 0.2) is 11.5 Å². The van der Waals surface area contributed by atoms with Crippen molar-refractivity contribution in [1.82, 2.24) is 5.32 Å². The fourth-order valence-electron chi connectivity index (χ4n) is 1.66. The molecule has 2 N–H and O–H groups in total. The lowest BCUT2D eigenvalue weighted by atomic mass is 10.1. The first-order valence-corrected chi connectivity index (χ1v) is 5.80. The second-order valence-corrected chi connectivity index (χ2v) is 4.01. The molecule has 1 aromatic carbocycles. The van der Waals surface area contributed by atoms with Gasteiger partial charge in [-0.15, -0.1) is 0 Å². The number of aliphatic hydroxyl groups is 1. The molecule has 0 saturated heterocycles. The van der Waals surface area contributed by atoms with Crippen LogP contribution in [0.15, 0.2) is 12.1 Å². The van der Waals surface area contributed by atoms with Gasteiger partial charge in [-0.2, -0.15) is 0 Å². The van der Waals surface area contributed by atoms with Crippen LogP contribution in [0.2, 0.25) is 0 Å². The predicted molar refractivity (Wildman–Crippen MR) is 69.5 cm³/mol. The SMILES string of the molecule is COc1cc(CNCC(C)O)cc(OC)c1OC. The van der Waals surface area contributed by atoms with Gasteiger partial charge in [-0.3, -0.25) is 0 Å². The third kappa shape index (κ3) is 3.78. The van der Waals surface area contributed by atoms with Gasteiger partial charge < -0.3 is 24.6 Å². The monoisotopic (exact) mass is 255 g/mol. The van der Waals surface area contributed by atoms with E-state index in [1.54, 1.807) is 28.3 Å². The number of hydrogen-bond donors (Lipinski definition) is 2. The number of ether oxygens (including phenoxy) is 3. The maximum atomic E-state index is 9.18. The zero-order chi connectivity index (χ0) is 13.5. The Bertz CT molecular complexity index is 354. The predicted octanol–water partition coefficient (Wildman–Crippen LogP) is 1.18. The van der Waals surface area contributed by atoms with E-state index < -0.39 is 0 Å². The topological polar surface area (TPSA) is 60.0 Å². The van der Waals surface area contributed by atoms with Crippen molar-refractivity contribution in [3.8, 4) is 17.2 Å². The smallest absolute Gasteiger partial charge is 0.203 e. The van der Waals surface area contributed by atoms with Gasteiger partial charge >= 0.3 is 0 Å². The Morgan fingerprint density at radius 1 is 1.11 bits per heavy atom. The van der Waals surface area contributed by atoms with E-state index in [-0.39, 0.29) is 6.10 Å². The molecule has 1 atom stereocenters. The molecule has 5 heteroatoms. The molecule has 0 saturated carbocycles. The van der Waals surface area contributed by atoms with Crippen molar-refractivity contribution in [2.45, 2.75) is 19.6 Å². The number of rotatable bonds is 7. The van der Waals surface area contributed by atoms with E-state index in [0.29, 0.717) is 30.3 Å². The lowest BCUT2D eigenvalue weighted by Gasteiger charge is -2.14. The van der Waals surface area contributed by atoms with Crippen LogP contribution >= 0.6 is 0 Å². The van der Waals surface area contributed by atoms with E-state index in [9.17, 15) is 5.11 Å². The Hall–Kier alpha value is -1.46. The molecule has 1 rings (SSSR count). The minimum atomic E-state index is -0.368. The summed E-state index contributed by atoms with van der Waals surface area (Å²) in [7, 11) is 4.75. The Morgan fingerprint density at radius 3 is 2.06 bits per heavy atom. The highest BCUT2D eigenvalue weighted by Gasteiger charge is 2.12. The summed E-state index contributed by atoms with van der Waals surface area (Å²) in [5.41, 5.74) is 1.00. The zero-order valence-corrected chi connectivity index (χ0v) is 11.3. The summed E-state index contributed by atoms with van der Waals surface area (Å²) in [5, 5.41) is 12.3. The summed E-state index contributed by atoms with van der Waals surface area (Å²) < 4.78 is 15.8. The van der Waals surface area contributed by atoms with E-state index >= 15 is 0 Å². The van der Waals surface area contributed by atoms with Gasteiger partial charge in [-0.05, 0) is 24.6 Å². The molecule has 0 bridgehead atoms. The molecule has 0 fully saturated rings. The van der Waals surface area contributed by atoms with Crippen molar-refractivity contribution in [3.05, 3.63) is 17.7 Å². The van der Waals surface area contributed by atoms with Crippen molar-refractivity contribution < 1.29 is 19.3 Å². The van der Waals surface area contributed by atoms with Crippen LogP contribution in [0, 0.1) is 0 Å². The molecule has 102 valence electrons. The van der Waals surface area contributed by atoms with Crippen LogP contribution < -0.4 is 19.5 Å². The summed E-state index contributed by atoms with van der Waals surface area (Å²) in [6, 6.07) is 3.77. The zero-order valence-electron chi connectivity index (χ0n) is 11.3. The lowest BCUT2D eigenvalue weighted by molar-refractivity contribution is 0.191. The Balaban J connectivity index is 2.86. The van der Waals surface area contributed by atoms with Gasteiger partial charge in [0.2, 0.25) is 5.75 Å². The second-order valence-electron chi connectivity index (χ2n) is 4.01. The molecule has 0 spiro atoms. The van der Waals surface area contributed by atoms with Gasteiger partial charge in [0.1, 0.15) is 0 Å². The van der Waals surface area contributed by atoms with Crippen molar-refractivity contribution >= 4 is 0 Å². The van der Waals surface area contributed by atoms with E-state index in [4.69, 9.17) is 14.2 Å². The van der Waals surface area contributed by atoms with Crippen LogP contribution in [0.4, 0.5) is 0 Å². The van der Waals surface area contributed by atoms with Crippen LogP contribution in [-0.4, -0.2) is 39.1 Å². The summed E-state index contributed by atoms with van der Waals surface area (Å²) in [6.45, 7) is 2.90. The highest BCUT2D eigenvalue weighted by molar-refractivity contribution is 5.53. The molecule has 0 aromatic heterocycles. The second kappa shape index (κ2) is 7.08. The summed E-state index contributed by atoms with van der Waals surface area (Å²) in [4.78, 5) is 0. The van der Waals surface area contributed by atoms with Crippen molar-refractivity contribution in [1.29, 1.82) is 0 Å². The standard InChI is InChI=1S/C13H21NO4/c1-9(15)7-14-8-10-5-11(16-2)13(18-4)12(6-10)17-3/h5-6,9,14-15H,7-8H2,1-4H3. The molecular weight excluding hydrogens is 234 g/mol. The highest BCUT2D eigenvalue weighted by atomic mass is 16.5. The number of hydrogen-bond acceptors (Lipinski definition) is 5. The van der Waals surface area contributed by atoms with E-state index in [1.165, 1.54) is 0 Å². The molecule has 0 amide bonds. The van der Waals surface area contributed by atoms with Crippen molar-refractivity contribution in [3.63, 3.8) is 0 Å². The summed E-state index contributed by atoms with van der Waals surface area (Å²) >= 11 is 0. The lowest BCUT2D eigenvalue weighted by Crippen LogP contribution is -2.23. The third-order valence-electron chi connectivity index (χ3n) is 2.49. The van der Waals surface area contributed by atoms with Gasteiger partial charge in [-0.1, -0.05) is 0 Å². The number of benzene rings is 1. The molecule has 0 aliphatic carbocycles. The fraction of sp³-hybridized carbons (Fsp3) is 0.538. The molecule has 1 unspecified atom stereocenters. The maximum absolute atomic E-state index is 9.18. The Morgan fingerprint density at radius 2 is 1.67 bits per heavy atom. The normalized spacial score (nSPS) is 12.1. The molecule has 18 heavy (non-hydrogen) atoms. The third-order valence-corrected chi connectivity index (χ3v) is 2.49. The first kappa shape index (κ1) is 14.6. The van der Waals surface area contributed by atoms with Crippen LogP contribution in [0.5, 0.6) is 17.2 Å². The first-order chi connectivity index (χ1) is 8.62. The summed E-state index contributed by atoms with van der Waals surface area (Å²) in [5.74, 6) is 1.84. The Kier molecular flexibility index (Phi) is 5.74. The van der Waals surface area contributed by atoms with Crippen molar-refractivity contribution in [2.24, 2.45) is 0 Å². The maximum Gasteiger partial charge on any atom is 0.203 e. The van der Waals surface area contributed by atoms with Gasteiger partial charge in [0.05, 0.1) is 27.4 Å². The van der Waals surface area contributed by atoms with E-state index in [0.717, 1.165) is 5.56 Å². The van der Waals surface area contributed by atoms with Gasteiger partial charge in [0, 0.05) is 13.1 Å². The fourth-order valence-corrected chi connectivity index (χ4v) is 1.66. The highest BCUT2D eigenvalue weighted by Crippen LogP contribution is 2.38. The quantitative estimate of drug-likeness (QED) is 0.766. The van der Waals surface area contributed by atoms with Gasteiger partial charge in [0.25, 0.3) is 0 Å². The van der Waals surface area contributed by atoms with Crippen LogP contribution in [0.25, 0.3) is 0 Å². The van der Waals surface area contributed by atoms with Crippen LogP contribution in [-0.2, 0) is 6.54 Å². The van der Waals surface area contributed by atoms with Crippen molar-refractivity contribution in [2.75, 3.05) is 27.9 Å². The number of nitrogens with one attached hydrogen (secondary N) is 1. The first-order valence-electron chi connectivity index (χ1n) is 5.80. The van der Waals surface area contributed by atoms with Crippen LogP contribution in [0.3, 0.4) is 0 Å². The molecule has 0 radical (unpaired) electrons. The minimum absolute atomic E-state index is 0.368. The average molecular weight is 255 g/mol. The molecule has 1 aromatic rings. The Labute approximate surface area is 108 Å². The van der Waals surface area contributed by atoms with Gasteiger partial charge in [-0.25, -0.2) is 0 Å². The molecule has 5 nitrogen and oxygen atoms in total. The molecule has 0 aliphatic rings. The van der Waals surface area contributed by atoms with E-state index in [2.05, 4.69) is 5.32 Å². The number of aliphatic hydroxyl groups excluding tert-OH is 1. The van der Waals surface area contributed by atoms with Crippen LogP contribution in [0.1, 0.15) is 12.5 Å². The minimum Gasteiger partial charge on any atom is -0.493 e. The molecule has 0 heterocycles. The summed E-state index contributed by atoms with van der Waals surface area (Å²) in [6.07, 6.45) is -0.368. The number of methoxy groups -OCH3 is 3. The average Bonchev–Trinajstić information content (AvgIpc) is 2.36. The largest absolute Gasteiger partial charge is 0.493 e.